The summed E-state index contributed by atoms with van der Waals surface area (Å²) >= 11 is 0. The second-order valence-corrected chi connectivity index (χ2v) is 17.1. The van der Waals surface area contributed by atoms with Crippen LogP contribution in [0.15, 0.2) is 72.8 Å². The van der Waals surface area contributed by atoms with Crippen LogP contribution in [0.2, 0.25) is 0 Å². The van der Waals surface area contributed by atoms with E-state index in [9.17, 15) is 28.8 Å². The average Bonchev–Trinajstić information content (AvgIpc) is 4.07. The molecule has 4 unspecified atom stereocenters. The number of hydrogen-bond donors (Lipinski definition) is 6. The lowest BCUT2D eigenvalue weighted by Crippen LogP contribution is -2.50. The van der Waals surface area contributed by atoms with Crippen molar-refractivity contribution in [1.82, 2.24) is 41.7 Å². The predicted molar refractivity (Wildman–Crippen MR) is 249 cm³/mol. The van der Waals surface area contributed by atoms with Crippen LogP contribution in [0.4, 0.5) is 0 Å². The Bertz CT molecular complexity index is 1880. The predicted octanol–water partition coefficient (Wildman–Crippen LogP) is 3.83. The summed E-state index contributed by atoms with van der Waals surface area (Å²) in [7, 11) is 3.41. The highest BCUT2D eigenvalue weighted by atomic mass is 16.2. The normalized spacial score (nSPS) is 18.3. The number of likely N-dealkylation sites (N-methyl/N-ethyl adjacent to an activating group) is 2. The van der Waals surface area contributed by atoms with Gasteiger partial charge in [0.25, 0.3) is 0 Å². The summed E-state index contributed by atoms with van der Waals surface area (Å²) in [5, 5.41) is 17.2. The van der Waals surface area contributed by atoms with E-state index in [0.29, 0.717) is 12.8 Å². The van der Waals surface area contributed by atoms with Gasteiger partial charge >= 0.3 is 0 Å². The molecule has 14 nitrogen and oxygen atoms in total. The molecule has 346 valence electrons. The van der Waals surface area contributed by atoms with Gasteiger partial charge in [0.1, 0.15) is 12.1 Å². The largest absolute Gasteiger partial charge is 0.352 e. The zero-order valence-electron chi connectivity index (χ0n) is 37.9. The fourth-order valence-corrected chi connectivity index (χ4v) is 9.19. The number of hydrogen-bond acceptors (Lipinski definition) is 8. The number of nitrogens with zero attached hydrogens (tertiary/aromatic N) is 2. The summed E-state index contributed by atoms with van der Waals surface area (Å²) in [5.41, 5.74) is 7.46. The van der Waals surface area contributed by atoms with Crippen LogP contribution in [-0.4, -0.2) is 112 Å². The molecule has 0 radical (unpaired) electrons. The van der Waals surface area contributed by atoms with E-state index in [2.05, 4.69) is 68.3 Å². The highest BCUT2D eigenvalue weighted by molar-refractivity contribution is 5.89. The molecule has 0 bridgehead atoms. The average molecular weight is 879 g/mol. The van der Waals surface area contributed by atoms with Crippen molar-refractivity contribution >= 4 is 36.4 Å². The zero-order valence-corrected chi connectivity index (χ0v) is 37.9. The standard InChI is InChI=1S/C28H44N6O4.2C11H13NO/c1-29-19-25(35)31-23(27(37)33-14-3-4-15-33)9-7-8-21-10-12-22(13-11-21)18-24(32-26(36)20-30-2)28(38)34-16-5-6-17-34;2*13-8-12-11-7-3-5-9-4-1-2-6-10(9)11/h10-13,23-24,29-30H,3-9,14-20H2,1-2H3,(H,31,35)(H,32,36);2*1-2,4,6,8,11H,3,5,7H2,(H,12,13). The first-order valence-electron chi connectivity index (χ1n) is 23.3. The van der Waals surface area contributed by atoms with E-state index < -0.39 is 12.1 Å². The van der Waals surface area contributed by atoms with Gasteiger partial charge in [-0.3, -0.25) is 28.8 Å². The Balaban J connectivity index is 0.000000237. The van der Waals surface area contributed by atoms with Gasteiger partial charge in [0.15, 0.2) is 0 Å². The molecular weight excluding hydrogens is 809 g/mol. The van der Waals surface area contributed by atoms with Crippen molar-refractivity contribution in [2.45, 2.75) is 114 Å². The number of carbonyl (C=O) groups is 6. The molecular formula is C50H70N8O6. The Hall–Kier alpha value is -5.60. The fourth-order valence-electron chi connectivity index (χ4n) is 9.19. The third-order valence-corrected chi connectivity index (χ3v) is 12.5. The summed E-state index contributed by atoms with van der Waals surface area (Å²) in [6.07, 6.45) is 14.9. The lowest BCUT2D eigenvalue weighted by Gasteiger charge is -2.24. The molecule has 0 spiro atoms. The Kier molecular flexibility index (Phi) is 20.8. The number of amides is 6. The van der Waals surface area contributed by atoms with Crippen molar-refractivity contribution < 1.29 is 28.8 Å². The van der Waals surface area contributed by atoms with Crippen LogP contribution in [0.5, 0.6) is 0 Å². The van der Waals surface area contributed by atoms with Crippen molar-refractivity contribution in [2.24, 2.45) is 0 Å². The molecule has 6 N–H and O–H groups in total. The van der Waals surface area contributed by atoms with Gasteiger partial charge in [-0.15, -0.1) is 0 Å². The molecule has 2 aliphatic heterocycles. The second-order valence-electron chi connectivity index (χ2n) is 17.1. The quantitative estimate of drug-likeness (QED) is 0.104. The zero-order chi connectivity index (χ0) is 45.5. The lowest BCUT2D eigenvalue weighted by molar-refractivity contribution is -0.135. The third kappa shape index (κ3) is 15.3. The van der Waals surface area contributed by atoms with Crippen molar-refractivity contribution in [2.75, 3.05) is 53.4 Å². The summed E-state index contributed by atoms with van der Waals surface area (Å²) in [6.45, 7) is 3.35. The highest BCUT2D eigenvalue weighted by Crippen LogP contribution is 2.30. The molecule has 2 fully saturated rings. The number of carbonyl (C=O) groups excluding carboxylic acids is 6. The van der Waals surface area contributed by atoms with Crippen LogP contribution in [0.3, 0.4) is 0 Å². The number of likely N-dealkylation sites (tertiary alicyclic amines) is 2. The van der Waals surface area contributed by atoms with Gasteiger partial charge in [-0.2, -0.15) is 0 Å². The second kappa shape index (κ2) is 26.9. The van der Waals surface area contributed by atoms with Gasteiger partial charge in [-0.1, -0.05) is 72.8 Å². The summed E-state index contributed by atoms with van der Waals surface area (Å²) in [5.74, 6) is -0.378. The molecule has 0 saturated carbocycles. The Labute approximate surface area is 379 Å². The molecule has 7 rings (SSSR count). The molecule has 3 aromatic rings. The number of benzene rings is 3. The minimum absolute atomic E-state index is 0.0105. The molecule has 2 aliphatic carbocycles. The molecule has 3 aromatic carbocycles. The van der Waals surface area contributed by atoms with Gasteiger partial charge in [0, 0.05) is 32.6 Å². The van der Waals surface area contributed by atoms with Gasteiger partial charge < -0.3 is 41.7 Å². The minimum atomic E-state index is -0.585. The molecule has 2 heterocycles. The maximum Gasteiger partial charge on any atom is 0.245 e. The first kappa shape index (κ1) is 49.4. The number of aryl methyl sites for hydroxylation is 3. The monoisotopic (exact) mass is 879 g/mol. The van der Waals surface area contributed by atoms with Gasteiger partial charge in [-0.05, 0) is 131 Å². The van der Waals surface area contributed by atoms with E-state index in [4.69, 9.17) is 0 Å². The first-order valence-corrected chi connectivity index (χ1v) is 23.3. The van der Waals surface area contributed by atoms with Crippen LogP contribution >= 0.6 is 0 Å². The van der Waals surface area contributed by atoms with Gasteiger partial charge in [0.05, 0.1) is 25.2 Å². The van der Waals surface area contributed by atoms with Crippen LogP contribution in [0.25, 0.3) is 0 Å². The van der Waals surface area contributed by atoms with E-state index in [-0.39, 0.29) is 48.8 Å². The van der Waals surface area contributed by atoms with Crippen LogP contribution in [0, 0.1) is 0 Å². The van der Waals surface area contributed by atoms with E-state index >= 15 is 0 Å². The van der Waals surface area contributed by atoms with Crippen molar-refractivity contribution in [3.63, 3.8) is 0 Å². The van der Waals surface area contributed by atoms with Crippen molar-refractivity contribution in [3.05, 3.63) is 106 Å². The SMILES string of the molecule is CNCC(=O)NC(CCCc1ccc(CC(NC(=O)CNC)C(=O)N2CCCC2)cc1)C(=O)N1CCCC1.O=CNC1CCCc2ccccc21.O=CNC1CCCc2ccccc21. The van der Waals surface area contributed by atoms with E-state index in [1.54, 1.807) is 14.1 Å². The molecule has 6 amide bonds. The van der Waals surface area contributed by atoms with Crippen LogP contribution < -0.4 is 31.9 Å². The van der Waals surface area contributed by atoms with E-state index in [1.165, 1.54) is 35.1 Å². The smallest absolute Gasteiger partial charge is 0.245 e. The Morgan fingerprint density at radius 3 is 1.50 bits per heavy atom. The summed E-state index contributed by atoms with van der Waals surface area (Å²) in [6, 6.07) is 24.2. The van der Waals surface area contributed by atoms with E-state index in [1.807, 2.05) is 46.2 Å². The van der Waals surface area contributed by atoms with E-state index in [0.717, 1.165) is 114 Å². The van der Waals surface area contributed by atoms with Crippen molar-refractivity contribution in [3.8, 4) is 0 Å². The topological polar surface area (TPSA) is 181 Å². The Morgan fingerprint density at radius 2 is 1.03 bits per heavy atom. The van der Waals surface area contributed by atoms with Gasteiger partial charge in [-0.25, -0.2) is 0 Å². The maximum absolute atomic E-state index is 13.1. The molecule has 14 heteroatoms. The third-order valence-electron chi connectivity index (χ3n) is 12.5. The Morgan fingerprint density at radius 1 is 0.594 bits per heavy atom. The lowest BCUT2D eigenvalue weighted by atomic mass is 9.88. The fraction of sp³-hybridized carbons (Fsp3) is 0.520. The number of rotatable bonds is 18. The van der Waals surface area contributed by atoms with Crippen LogP contribution in [-0.2, 0) is 54.5 Å². The number of fused-ring (bicyclic) bond motifs is 2. The summed E-state index contributed by atoms with van der Waals surface area (Å²) in [4.78, 5) is 74.9. The van der Waals surface area contributed by atoms with Crippen LogP contribution in [0.1, 0.15) is 110 Å². The maximum atomic E-state index is 13.1. The molecule has 4 atom stereocenters. The highest BCUT2D eigenvalue weighted by Gasteiger charge is 2.29. The molecule has 2 saturated heterocycles. The first-order chi connectivity index (χ1) is 31.2. The molecule has 64 heavy (non-hydrogen) atoms. The number of nitrogens with one attached hydrogen (secondary N) is 6. The molecule has 0 aromatic heterocycles. The molecule has 4 aliphatic rings. The summed E-state index contributed by atoms with van der Waals surface area (Å²) < 4.78 is 0. The van der Waals surface area contributed by atoms with Crippen molar-refractivity contribution in [1.29, 1.82) is 0 Å². The van der Waals surface area contributed by atoms with Gasteiger partial charge in [0.2, 0.25) is 36.4 Å². The minimum Gasteiger partial charge on any atom is -0.352 e.